The molecule has 1 aromatic rings. The minimum atomic E-state index is -0.00162. The van der Waals surface area contributed by atoms with Gasteiger partial charge in [-0.3, -0.25) is 11.3 Å². The van der Waals surface area contributed by atoms with Gasteiger partial charge in [0.25, 0.3) is 0 Å². The molecule has 104 valence electrons. The fourth-order valence-corrected chi connectivity index (χ4v) is 3.21. The summed E-state index contributed by atoms with van der Waals surface area (Å²) in [7, 11) is 1.80. The van der Waals surface area contributed by atoms with Crippen LogP contribution < -0.4 is 16.0 Å². The first-order valence-electron chi connectivity index (χ1n) is 7.04. The number of nitrogens with two attached hydrogens (primary N) is 1. The van der Waals surface area contributed by atoms with Gasteiger partial charge in [-0.05, 0) is 31.2 Å². The lowest BCUT2D eigenvalue weighted by Crippen LogP contribution is -2.44. The minimum absolute atomic E-state index is 0.00162. The van der Waals surface area contributed by atoms with Crippen LogP contribution in [0.5, 0.6) is 5.75 Å². The largest absolute Gasteiger partial charge is 0.493 e. The molecule has 3 N–H and O–H groups in total. The second kappa shape index (κ2) is 5.12. The number of para-hydroxylation sites is 1. The normalized spacial score (nSPS) is 21.4. The molecule has 0 radical (unpaired) electrons. The predicted molar refractivity (Wildman–Crippen MR) is 73.9 cm³/mol. The van der Waals surface area contributed by atoms with Crippen LogP contribution in [0, 0.1) is 0 Å². The summed E-state index contributed by atoms with van der Waals surface area (Å²) in [6.45, 7) is 0.777. The summed E-state index contributed by atoms with van der Waals surface area (Å²) in [5, 5.41) is 0. The number of hydrazine groups is 1. The highest BCUT2D eigenvalue weighted by Gasteiger charge is 2.40. The van der Waals surface area contributed by atoms with Crippen molar-refractivity contribution in [3.8, 4) is 5.75 Å². The molecule has 0 aromatic heterocycles. The van der Waals surface area contributed by atoms with Crippen LogP contribution in [-0.2, 0) is 11.2 Å². The molecule has 3 rings (SSSR count). The Kier molecular flexibility index (Phi) is 3.48. The number of benzene rings is 1. The highest BCUT2D eigenvalue weighted by molar-refractivity contribution is 5.45. The van der Waals surface area contributed by atoms with Crippen molar-refractivity contribution in [2.45, 2.75) is 43.7 Å². The van der Waals surface area contributed by atoms with Crippen molar-refractivity contribution >= 4 is 0 Å². The number of ether oxygens (including phenoxy) is 2. The van der Waals surface area contributed by atoms with E-state index in [2.05, 4.69) is 23.6 Å². The first-order valence-corrected chi connectivity index (χ1v) is 7.04. The zero-order valence-corrected chi connectivity index (χ0v) is 11.4. The molecule has 1 heterocycles. The van der Waals surface area contributed by atoms with E-state index in [0.29, 0.717) is 0 Å². The van der Waals surface area contributed by atoms with Gasteiger partial charge in [0.15, 0.2) is 0 Å². The zero-order chi connectivity index (χ0) is 13.3. The summed E-state index contributed by atoms with van der Waals surface area (Å²) in [5.74, 6) is 6.80. The Morgan fingerprint density at radius 2 is 2.32 bits per heavy atom. The second-order valence-electron chi connectivity index (χ2n) is 5.60. The maximum atomic E-state index is 5.78. The van der Waals surface area contributed by atoms with Crippen LogP contribution in [0.4, 0.5) is 0 Å². The molecule has 19 heavy (non-hydrogen) atoms. The van der Waals surface area contributed by atoms with Gasteiger partial charge in [-0.1, -0.05) is 18.2 Å². The Bertz CT molecular complexity index is 452. The fraction of sp³-hybridized carbons (Fsp3) is 0.600. The molecule has 1 aromatic carbocycles. The molecule has 4 heteroatoms. The fourth-order valence-electron chi connectivity index (χ4n) is 3.21. The second-order valence-corrected chi connectivity index (χ2v) is 5.60. The topological polar surface area (TPSA) is 56.5 Å². The van der Waals surface area contributed by atoms with Gasteiger partial charge in [-0.15, -0.1) is 0 Å². The molecule has 0 bridgehead atoms. The summed E-state index contributed by atoms with van der Waals surface area (Å²) < 4.78 is 11.5. The van der Waals surface area contributed by atoms with Crippen LogP contribution in [-0.4, -0.2) is 19.3 Å². The van der Waals surface area contributed by atoms with Crippen molar-refractivity contribution in [2.75, 3.05) is 13.7 Å². The number of fused-ring (bicyclic) bond motifs is 1. The van der Waals surface area contributed by atoms with Crippen molar-refractivity contribution < 1.29 is 9.47 Å². The van der Waals surface area contributed by atoms with Crippen molar-refractivity contribution in [1.29, 1.82) is 0 Å². The Labute approximate surface area is 114 Å². The minimum Gasteiger partial charge on any atom is -0.493 e. The van der Waals surface area contributed by atoms with Crippen LogP contribution >= 0.6 is 0 Å². The Morgan fingerprint density at radius 3 is 2.95 bits per heavy atom. The van der Waals surface area contributed by atoms with Gasteiger partial charge >= 0.3 is 0 Å². The van der Waals surface area contributed by atoms with Gasteiger partial charge in [0.1, 0.15) is 5.75 Å². The van der Waals surface area contributed by atoms with Crippen LogP contribution in [0.2, 0.25) is 0 Å². The van der Waals surface area contributed by atoms with E-state index in [-0.39, 0.29) is 11.6 Å². The van der Waals surface area contributed by atoms with Gasteiger partial charge in [0, 0.05) is 19.1 Å². The van der Waals surface area contributed by atoms with E-state index in [0.717, 1.165) is 38.0 Å². The SMILES string of the molecule is COC1(CC(NN)c2cccc3c2OCC3)CCC1. The lowest BCUT2D eigenvalue weighted by Gasteiger charge is -2.42. The summed E-state index contributed by atoms with van der Waals surface area (Å²) in [6.07, 6.45) is 5.39. The number of methoxy groups -OCH3 is 1. The van der Waals surface area contributed by atoms with E-state index in [1.165, 1.54) is 17.5 Å². The Balaban J connectivity index is 1.84. The maximum absolute atomic E-state index is 5.78. The lowest BCUT2D eigenvalue weighted by molar-refractivity contribution is -0.0839. The van der Waals surface area contributed by atoms with Gasteiger partial charge in [0.2, 0.25) is 0 Å². The quantitative estimate of drug-likeness (QED) is 0.630. The van der Waals surface area contributed by atoms with Crippen LogP contribution in [0.1, 0.15) is 42.9 Å². The van der Waals surface area contributed by atoms with E-state index in [1.807, 2.05) is 0 Å². The van der Waals surface area contributed by atoms with Crippen molar-refractivity contribution in [2.24, 2.45) is 5.84 Å². The molecule has 1 aliphatic carbocycles. The molecule has 0 spiro atoms. The van der Waals surface area contributed by atoms with Crippen molar-refractivity contribution in [1.82, 2.24) is 5.43 Å². The van der Waals surface area contributed by atoms with E-state index < -0.39 is 0 Å². The van der Waals surface area contributed by atoms with E-state index in [1.54, 1.807) is 7.11 Å². The van der Waals surface area contributed by atoms with Gasteiger partial charge in [-0.25, -0.2) is 0 Å². The number of hydrogen-bond donors (Lipinski definition) is 2. The predicted octanol–water partition coefficient (Wildman–Crippen LogP) is 2.09. The first kappa shape index (κ1) is 12.9. The molecule has 2 aliphatic rings. The van der Waals surface area contributed by atoms with Crippen LogP contribution in [0.15, 0.2) is 18.2 Å². The van der Waals surface area contributed by atoms with Crippen molar-refractivity contribution in [3.05, 3.63) is 29.3 Å². The average molecular weight is 262 g/mol. The third-order valence-electron chi connectivity index (χ3n) is 4.60. The Morgan fingerprint density at radius 1 is 1.47 bits per heavy atom. The summed E-state index contributed by atoms with van der Waals surface area (Å²) in [6, 6.07) is 6.42. The molecular weight excluding hydrogens is 240 g/mol. The van der Waals surface area contributed by atoms with Crippen LogP contribution in [0.3, 0.4) is 0 Å². The van der Waals surface area contributed by atoms with E-state index >= 15 is 0 Å². The first-order chi connectivity index (χ1) is 9.28. The molecule has 1 saturated carbocycles. The average Bonchev–Trinajstić information content (AvgIpc) is 2.87. The highest BCUT2D eigenvalue weighted by atomic mass is 16.5. The smallest absolute Gasteiger partial charge is 0.127 e. The molecule has 1 atom stereocenters. The summed E-state index contributed by atoms with van der Waals surface area (Å²) in [4.78, 5) is 0. The molecule has 1 unspecified atom stereocenters. The monoisotopic (exact) mass is 262 g/mol. The highest BCUT2D eigenvalue weighted by Crippen LogP contribution is 2.44. The number of nitrogens with one attached hydrogen (secondary N) is 1. The van der Waals surface area contributed by atoms with Crippen molar-refractivity contribution in [3.63, 3.8) is 0 Å². The third kappa shape index (κ3) is 2.24. The van der Waals surface area contributed by atoms with E-state index in [9.17, 15) is 0 Å². The van der Waals surface area contributed by atoms with Gasteiger partial charge in [-0.2, -0.15) is 0 Å². The maximum Gasteiger partial charge on any atom is 0.127 e. The van der Waals surface area contributed by atoms with Gasteiger partial charge in [0.05, 0.1) is 18.2 Å². The molecule has 4 nitrogen and oxygen atoms in total. The summed E-state index contributed by atoms with van der Waals surface area (Å²) >= 11 is 0. The number of hydrogen-bond acceptors (Lipinski definition) is 4. The molecule has 1 aliphatic heterocycles. The molecular formula is C15H22N2O2. The molecule has 1 fully saturated rings. The molecule has 0 amide bonds. The standard InChI is InChI=1S/C15H22N2O2/c1-18-15(7-3-8-15)10-13(17-16)12-5-2-4-11-6-9-19-14(11)12/h2,4-5,13,17H,3,6-10,16H2,1H3. The number of rotatable bonds is 5. The van der Waals surface area contributed by atoms with E-state index in [4.69, 9.17) is 15.3 Å². The summed E-state index contributed by atoms with van der Waals surface area (Å²) in [5.41, 5.74) is 5.40. The van der Waals surface area contributed by atoms with Gasteiger partial charge < -0.3 is 9.47 Å². The lowest BCUT2D eigenvalue weighted by atomic mass is 9.74. The molecule has 0 saturated heterocycles. The van der Waals surface area contributed by atoms with Crippen LogP contribution in [0.25, 0.3) is 0 Å². The Hall–Kier alpha value is -1.10. The third-order valence-corrected chi connectivity index (χ3v) is 4.60. The zero-order valence-electron chi connectivity index (χ0n) is 11.4.